The number of hydrogen-bond donors (Lipinski definition) is 2. The lowest BCUT2D eigenvalue weighted by Crippen LogP contribution is -2.32. The number of aldehydes is 1. The van der Waals surface area contributed by atoms with E-state index in [4.69, 9.17) is 5.41 Å². The van der Waals surface area contributed by atoms with Gasteiger partial charge >= 0.3 is 0 Å². The van der Waals surface area contributed by atoms with E-state index in [9.17, 15) is 4.79 Å². The first-order chi connectivity index (χ1) is 10.1. The lowest BCUT2D eigenvalue weighted by Gasteiger charge is -2.13. The second-order valence-corrected chi connectivity index (χ2v) is 4.97. The molecule has 1 unspecified atom stereocenters. The lowest BCUT2D eigenvalue weighted by molar-refractivity contribution is 0.112. The number of nitrogens with one attached hydrogen (secondary N) is 2. The smallest absolute Gasteiger partial charge is 0.157 e. The third-order valence-corrected chi connectivity index (χ3v) is 3.64. The van der Waals surface area contributed by atoms with Crippen LogP contribution < -0.4 is 10.9 Å². The number of aromatic nitrogens is 2. The minimum absolute atomic E-state index is 0.0643. The summed E-state index contributed by atoms with van der Waals surface area (Å²) in [6.45, 7) is 6.05. The van der Waals surface area contributed by atoms with Crippen LogP contribution in [0.3, 0.4) is 0 Å². The Hall–Kier alpha value is -2.43. The van der Waals surface area contributed by atoms with Crippen molar-refractivity contribution >= 4 is 6.29 Å². The topological polar surface area (TPSA) is 70.8 Å². The van der Waals surface area contributed by atoms with Gasteiger partial charge in [0.1, 0.15) is 5.82 Å². The summed E-state index contributed by atoms with van der Waals surface area (Å²) >= 11 is 0. The van der Waals surface area contributed by atoms with Crippen LogP contribution in [-0.4, -0.2) is 22.0 Å². The van der Waals surface area contributed by atoms with E-state index in [1.165, 1.54) is 11.8 Å². The van der Waals surface area contributed by atoms with Crippen LogP contribution in [0.15, 0.2) is 41.6 Å². The van der Waals surface area contributed by atoms with Gasteiger partial charge in [0.2, 0.25) is 0 Å². The first-order valence-electron chi connectivity index (χ1n) is 6.95. The van der Waals surface area contributed by atoms with E-state index < -0.39 is 0 Å². The minimum atomic E-state index is 0.0643. The third kappa shape index (κ3) is 3.02. The lowest BCUT2D eigenvalue weighted by atomic mass is 10.0. The van der Waals surface area contributed by atoms with Crippen molar-refractivity contribution in [1.82, 2.24) is 9.66 Å². The molecule has 0 radical (unpaired) electrons. The summed E-state index contributed by atoms with van der Waals surface area (Å²) in [5, 5.41) is 8.00. The molecule has 1 aliphatic heterocycles. The Morgan fingerprint density at radius 1 is 1.43 bits per heavy atom. The van der Waals surface area contributed by atoms with Gasteiger partial charge in [-0.05, 0) is 26.3 Å². The normalized spacial score (nSPS) is 18.7. The van der Waals surface area contributed by atoms with E-state index in [1.807, 2.05) is 19.9 Å². The number of carbonyl (C=O) groups excluding carboxylic acids is 1. The predicted molar refractivity (Wildman–Crippen MR) is 82.6 cm³/mol. The first-order valence-corrected chi connectivity index (χ1v) is 6.95. The van der Waals surface area contributed by atoms with Crippen LogP contribution in [0.1, 0.15) is 37.0 Å². The van der Waals surface area contributed by atoms with Crippen LogP contribution in [0.2, 0.25) is 0 Å². The van der Waals surface area contributed by atoms with Gasteiger partial charge in [0.05, 0.1) is 11.6 Å². The molecule has 1 aliphatic rings. The van der Waals surface area contributed by atoms with E-state index in [2.05, 4.69) is 35.6 Å². The second kappa shape index (κ2) is 6.35. The standard InChI is InChI=1S/C16H20N4O/c1-4-11(3)6-7-12(5-2)14-8-15-18-9-13(10-21)16(17)20(15)19-14/h4-7,9-10,14,17,19H,8H2,1-3H3. The molecule has 1 aromatic rings. The predicted octanol–water partition coefficient (Wildman–Crippen LogP) is 2.11. The zero-order chi connectivity index (χ0) is 15.4. The van der Waals surface area contributed by atoms with Gasteiger partial charge in [-0.1, -0.05) is 29.9 Å². The molecule has 0 fully saturated rings. The fraction of sp³-hybridized carbons (Fsp3) is 0.312. The number of allylic oxidation sites excluding steroid dienone is 4. The average molecular weight is 284 g/mol. The third-order valence-electron chi connectivity index (χ3n) is 3.64. The molecule has 2 rings (SSSR count). The van der Waals surface area contributed by atoms with Gasteiger partial charge in [0, 0.05) is 12.6 Å². The Morgan fingerprint density at radius 2 is 2.19 bits per heavy atom. The molecule has 21 heavy (non-hydrogen) atoms. The number of nitrogens with zero attached hydrogens (tertiary/aromatic N) is 2. The maximum absolute atomic E-state index is 10.9. The van der Waals surface area contributed by atoms with Crippen molar-refractivity contribution in [2.24, 2.45) is 0 Å². The highest BCUT2D eigenvalue weighted by Gasteiger charge is 2.24. The first kappa shape index (κ1) is 15.0. The molecule has 0 aromatic carbocycles. The van der Waals surface area contributed by atoms with Gasteiger partial charge < -0.3 is 5.43 Å². The zero-order valence-corrected chi connectivity index (χ0v) is 12.6. The minimum Gasteiger partial charge on any atom is -0.315 e. The molecule has 0 spiro atoms. The van der Waals surface area contributed by atoms with E-state index in [1.54, 1.807) is 4.68 Å². The summed E-state index contributed by atoms with van der Waals surface area (Å²) in [4.78, 5) is 15.1. The van der Waals surface area contributed by atoms with Crippen LogP contribution >= 0.6 is 0 Å². The Kier molecular flexibility index (Phi) is 4.52. The highest BCUT2D eigenvalue weighted by atomic mass is 16.1. The summed E-state index contributed by atoms with van der Waals surface area (Å²) in [6.07, 6.45) is 11.1. The number of carbonyl (C=O) groups is 1. The second-order valence-electron chi connectivity index (χ2n) is 4.97. The fourth-order valence-corrected chi connectivity index (χ4v) is 2.20. The Balaban J connectivity index is 2.26. The average Bonchev–Trinajstić information content (AvgIpc) is 2.93. The molecular formula is C16H20N4O. The molecule has 0 amide bonds. The van der Waals surface area contributed by atoms with Gasteiger partial charge in [-0.3, -0.25) is 10.2 Å². The van der Waals surface area contributed by atoms with Crippen LogP contribution in [0, 0.1) is 5.41 Å². The van der Waals surface area contributed by atoms with Crippen LogP contribution in [0.25, 0.3) is 0 Å². The Bertz CT molecular complexity index is 695. The van der Waals surface area contributed by atoms with Crippen molar-refractivity contribution in [2.75, 3.05) is 5.43 Å². The molecule has 5 heteroatoms. The highest BCUT2D eigenvalue weighted by Crippen LogP contribution is 2.16. The highest BCUT2D eigenvalue weighted by molar-refractivity contribution is 5.73. The summed E-state index contributed by atoms with van der Waals surface area (Å²) < 4.78 is 1.59. The number of rotatable bonds is 4. The van der Waals surface area contributed by atoms with E-state index in [-0.39, 0.29) is 17.1 Å². The van der Waals surface area contributed by atoms with Gasteiger partial charge in [0.25, 0.3) is 0 Å². The van der Waals surface area contributed by atoms with E-state index in [0.29, 0.717) is 12.7 Å². The van der Waals surface area contributed by atoms with Crippen molar-refractivity contribution in [3.8, 4) is 0 Å². The van der Waals surface area contributed by atoms with Crippen molar-refractivity contribution in [3.05, 3.63) is 58.5 Å². The van der Waals surface area contributed by atoms with Crippen molar-refractivity contribution in [3.63, 3.8) is 0 Å². The van der Waals surface area contributed by atoms with Gasteiger partial charge in [0.15, 0.2) is 11.8 Å². The molecule has 1 aromatic heterocycles. The SMILES string of the molecule is CC=C(C)C=CC(=CC)C1Cc2ncc(C=O)c(=N)n2N1. The summed E-state index contributed by atoms with van der Waals surface area (Å²) in [5.41, 5.74) is 6.01. The molecule has 0 saturated carbocycles. The number of hydrogen-bond acceptors (Lipinski definition) is 4. The summed E-state index contributed by atoms with van der Waals surface area (Å²) in [5.74, 6) is 0.770. The molecule has 0 bridgehead atoms. The summed E-state index contributed by atoms with van der Waals surface area (Å²) in [6, 6.07) is 0.0643. The van der Waals surface area contributed by atoms with Crippen molar-refractivity contribution in [2.45, 2.75) is 33.2 Å². The van der Waals surface area contributed by atoms with Crippen molar-refractivity contribution < 1.29 is 4.79 Å². The maximum Gasteiger partial charge on any atom is 0.157 e. The molecule has 1 atom stereocenters. The van der Waals surface area contributed by atoms with Gasteiger partial charge in [-0.25, -0.2) is 9.66 Å². The quantitative estimate of drug-likeness (QED) is 0.657. The van der Waals surface area contributed by atoms with Gasteiger partial charge in [-0.2, -0.15) is 0 Å². The zero-order valence-electron chi connectivity index (χ0n) is 12.6. The molecule has 5 nitrogen and oxygen atoms in total. The van der Waals surface area contributed by atoms with Crippen LogP contribution in [0.5, 0.6) is 0 Å². The maximum atomic E-state index is 10.9. The summed E-state index contributed by atoms with van der Waals surface area (Å²) in [7, 11) is 0. The monoisotopic (exact) mass is 284 g/mol. The van der Waals surface area contributed by atoms with Gasteiger partial charge in [-0.15, -0.1) is 0 Å². The Labute approximate surface area is 124 Å². The van der Waals surface area contributed by atoms with Crippen LogP contribution in [0.4, 0.5) is 0 Å². The molecule has 2 N–H and O–H groups in total. The molecule has 0 aliphatic carbocycles. The van der Waals surface area contributed by atoms with Crippen LogP contribution in [-0.2, 0) is 6.42 Å². The molecular weight excluding hydrogens is 264 g/mol. The van der Waals surface area contributed by atoms with E-state index in [0.717, 1.165) is 11.4 Å². The molecule has 2 heterocycles. The largest absolute Gasteiger partial charge is 0.315 e. The van der Waals surface area contributed by atoms with E-state index >= 15 is 0 Å². The number of fused-ring (bicyclic) bond motifs is 1. The molecule has 0 saturated heterocycles. The fourth-order valence-electron chi connectivity index (χ4n) is 2.20. The van der Waals surface area contributed by atoms with Crippen molar-refractivity contribution in [1.29, 1.82) is 5.41 Å². The molecule has 110 valence electrons. The Morgan fingerprint density at radius 3 is 2.81 bits per heavy atom.